The van der Waals surface area contributed by atoms with E-state index in [4.69, 9.17) is 0 Å². The third kappa shape index (κ3) is 3.37. The predicted molar refractivity (Wildman–Crippen MR) is 85.6 cm³/mol. The molecule has 0 radical (unpaired) electrons. The molecular weight excluding hydrogens is 304 g/mol. The van der Waals surface area contributed by atoms with E-state index in [1.807, 2.05) is 37.3 Å². The Labute approximate surface area is 129 Å². The predicted octanol–water partition coefficient (Wildman–Crippen LogP) is 3.21. The van der Waals surface area contributed by atoms with Crippen LogP contribution in [0.4, 0.5) is 5.69 Å². The van der Waals surface area contributed by atoms with Crippen LogP contribution in [0.5, 0.6) is 0 Å². The lowest BCUT2D eigenvalue weighted by molar-refractivity contribution is -0.115. The zero-order valence-electron chi connectivity index (χ0n) is 11.2. The maximum atomic E-state index is 12.2. The number of hydrogen-bond acceptors (Lipinski definition) is 6. The maximum Gasteiger partial charge on any atom is 0.237 e. The molecule has 2 aromatic heterocycles. The number of nitrogens with zero attached hydrogens (tertiary/aromatic N) is 3. The zero-order chi connectivity index (χ0) is 14.7. The van der Waals surface area contributed by atoms with E-state index in [2.05, 4.69) is 20.5 Å². The molecule has 2 heterocycles. The first kappa shape index (κ1) is 14.0. The van der Waals surface area contributed by atoms with E-state index < -0.39 is 0 Å². The lowest BCUT2D eigenvalue weighted by Gasteiger charge is -2.10. The van der Waals surface area contributed by atoms with Crippen molar-refractivity contribution in [1.29, 1.82) is 0 Å². The van der Waals surface area contributed by atoms with Gasteiger partial charge in [0.15, 0.2) is 4.34 Å². The highest BCUT2D eigenvalue weighted by Gasteiger charge is 2.16. The molecule has 21 heavy (non-hydrogen) atoms. The summed E-state index contributed by atoms with van der Waals surface area (Å²) < 4.78 is 0.786. The van der Waals surface area contributed by atoms with Crippen molar-refractivity contribution in [3.8, 4) is 0 Å². The number of para-hydroxylation sites is 1. The minimum atomic E-state index is -0.246. The molecule has 7 heteroatoms. The summed E-state index contributed by atoms with van der Waals surface area (Å²) >= 11 is 2.82. The summed E-state index contributed by atoms with van der Waals surface area (Å²) in [5.74, 6) is -0.0766. The highest BCUT2D eigenvalue weighted by Crippen LogP contribution is 2.25. The molecule has 1 atom stereocenters. The summed E-state index contributed by atoms with van der Waals surface area (Å²) in [7, 11) is 0. The highest BCUT2D eigenvalue weighted by molar-refractivity contribution is 8.02. The van der Waals surface area contributed by atoms with Crippen LogP contribution in [0.1, 0.15) is 6.92 Å². The van der Waals surface area contributed by atoms with Crippen LogP contribution >= 0.6 is 23.1 Å². The topological polar surface area (TPSA) is 67.8 Å². The smallest absolute Gasteiger partial charge is 0.237 e. The van der Waals surface area contributed by atoms with Gasteiger partial charge in [0, 0.05) is 5.39 Å². The first-order valence-corrected chi connectivity index (χ1v) is 8.07. The molecule has 1 aromatic carbocycles. The highest BCUT2D eigenvalue weighted by atomic mass is 32.2. The number of carbonyl (C=O) groups is 1. The van der Waals surface area contributed by atoms with Crippen LogP contribution in [0, 0.1) is 0 Å². The molecule has 3 aromatic rings. The van der Waals surface area contributed by atoms with Crippen LogP contribution in [0.25, 0.3) is 10.9 Å². The monoisotopic (exact) mass is 316 g/mol. The summed E-state index contributed by atoms with van der Waals surface area (Å²) in [4.78, 5) is 16.5. The maximum absolute atomic E-state index is 12.2. The molecule has 0 saturated carbocycles. The molecule has 0 bridgehead atoms. The molecule has 0 aliphatic rings. The molecule has 5 nitrogen and oxygen atoms in total. The van der Waals surface area contributed by atoms with Crippen molar-refractivity contribution in [1.82, 2.24) is 15.2 Å². The van der Waals surface area contributed by atoms with Gasteiger partial charge in [-0.05, 0) is 19.1 Å². The Morgan fingerprint density at radius 2 is 2.24 bits per heavy atom. The number of anilines is 1. The van der Waals surface area contributed by atoms with Crippen molar-refractivity contribution in [2.45, 2.75) is 16.5 Å². The van der Waals surface area contributed by atoms with Gasteiger partial charge in [0.1, 0.15) is 5.51 Å². The van der Waals surface area contributed by atoms with Gasteiger partial charge in [0.05, 0.1) is 22.7 Å². The summed E-state index contributed by atoms with van der Waals surface area (Å²) in [5, 5.41) is 11.3. The SMILES string of the molecule is CC(Sc1nncs1)C(=O)Nc1cnc2ccccc2c1. The van der Waals surface area contributed by atoms with E-state index in [1.165, 1.54) is 23.1 Å². The van der Waals surface area contributed by atoms with Crippen molar-refractivity contribution in [2.24, 2.45) is 0 Å². The van der Waals surface area contributed by atoms with Crippen molar-refractivity contribution in [3.05, 3.63) is 42.0 Å². The normalized spacial score (nSPS) is 12.2. The summed E-state index contributed by atoms with van der Waals surface area (Å²) in [6.07, 6.45) is 1.67. The third-order valence-electron chi connectivity index (χ3n) is 2.84. The van der Waals surface area contributed by atoms with Crippen molar-refractivity contribution in [2.75, 3.05) is 5.32 Å². The molecule has 106 valence electrons. The summed E-state index contributed by atoms with van der Waals surface area (Å²) in [5.41, 5.74) is 3.26. The van der Waals surface area contributed by atoms with Crippen LogP contribution in [-0.2, 0) is 4.79 Å². The van der Waals surface area contributed by atoms with E-state index in [0.717, 1.165) is 15.2 Å². The van der Waals surface area contributed by atoms with Crippen molar-refractivity contribution >= 4 is 45.6 Å². The standard InChI is InChI=1S/C14H12N4OS2/c1-9(21-14-18-16-8-20-14)13(19)17-11-6-10-4-2-3-5-12(10)15-7-11/h2-9H,1H3,(H,17,19). The van der Waals surface area contributed by atoms with Gasteiger partial charge in [-0.1, -0.05) is 41.3 Å². The number of fused-ring (bicyclic) bond motifs is 1. The number of nitrogens with one attached hydrogen (secondary N) is 1. The van der Waals surface area contributed by atoms with E-state index in [9.17, 15) is 4.79 Å². The first-order chi connectivity index (χ1) is 10.2. The molecule has 0 spiro atoms. The Morgan fingerprint density at radius 3 is 3.05 bits per heavy atom. The van der Waals surface area contributed by atoms with Crippen LogP contribution in [0.15, 0.2) is 46.4 Å². The minimum absolute atomic E-state index is 0.0766. The van der Waals surface area contributed by atoms with E-state index in [0.29, 0.717) is 5.69 Å². The fourth-order valence-corrected chi connectivity index (χ4v) is 3.43. The van der Waals surface area contributed by atoms with Crippen LogP contribution in [0.2, 0.25) is 0 Å². The van der Waals surface area contributed by atoms with Crippen molar-refractivity contribution < 1.29 is 4.79 Å². The lowest BCUT2D eigenvalue weighted by atomic mass is 10.2. The van der Waals surface area contributed by atoms with Crippen LogP contribution in [0.3, 0.4) is 0 Å². The number of pyridine rings is 1. The zero-order valence-corrected chi connectivity index (χ0v) is 12.8. The van der Waals surface area contributed by atoms with Crippen LogP contribution < -0.4 is 5.32 Å². The molecule has 1 unspecified atom stereocenters. The Morgan fingerprint density at radius 1 is 1.38 bits per heavy atom. The van der Waals surface area contributed by atoms with Gasteiger partial charge >= 0.3 is 0 Å². The average Bonchev–Trinajstić information content (AvgIpc) is 3.00. The fourth-order valence-electron chi connectivity index (χ4n) is 1.80. The number of thioether (sulfide) groups is 1. The van der Waals surface area contributed by atoms with E-state index in [-0.39, 0.29) is 11.2 Å². The van der Waals surface area contributed by atoms with Gasteiger partial charge in [0.25, 0.3) is 0 Å². The fraction of sp³-hybridized carbons (Fsp3) is 0.143. The molecule has 0 aliphatic heterocycles. The molecule has 0 fully saturated rings. The number of benzene rings is 1. The second-order valence-electron chi connectivity index (χ2n) is 4.37. The Kier molecular flexibility index (Phi) is 4.12. The van der Waals surface area contributed by atoms with Gasteiger partial charge < -0.3 is 5.32 Å². The Hall–Kier alpha value is -1.99. The van der Waals surface area contributed by atoms with E-state index >= 15 is 0 Å². The molecule has 0 saturated heterocycles. The molecular formula is C14H12N4OS2. The molecule has 3 rings (SSSR count). The van der Waals surface area contributed by atoms with Gasteiger partial charge in [-0.3, -0.25) is 9.78 Å². The minimum Gasteiger partial charge on any atom is -0.324 e. The van der Waals surface area contributed by atoms with Crippen LogP contribution in [-0.4, -0.2) is 26.3 Å². The quantitative estimate of drug-likeness (QED) is 0.749. The number of aromatic nitrogens is 3. The van der Waals surface area contributed by atoms with Gasteiger partial charge in [-0.2, -0.15) is 0 Å². The summed E-state index contributed by atoms with van der Waals surface area (Å²) in [6, 6.07) is 9.72. The largest absolute Gasteiger partial charge is 0.324 e. The molecule has 1 N–H and O–H groups in total. The Bertz CT molecular complexity index is 761. The second-order valence-corrected chi connectivity index (χ2v) is 6.79. The second kappa shape index (κ2) is 6.19. The molecule has 0 aliphatic carbocycles. The van der Waals surface area contributed by atoms with Gasteiger partial charge in [-0.15, -0.1) is 10.2 Å². The average molecular weight is 316 g/mol. The number of amides is 1. The molecule has 1 amide bonds. The third-order valence-corrected chi connectivity index (χ3v) is 4.76. The number of rotatable bonds is 4. The first-order valence-electron chi connectivity index (χ1n) is 6.31. The Balaban J connectivity index is 1.70. The van der Waals surface area contributed by atoms with Gasteiger partial charge in [-0.25, -0.2) is 0 Å². The van der Waals surface area contributed by atoms with E-state index in [1.54, 1.807) is 11.7 Å². The number of carbonyl (C=O) groups excluding carboxylic acids is 1. The van der Waals surface area contributed by atoms with Gasteiger partial charge in [0.2, 0.25) is 5.91 Å². The van der Waals surface area contributed by atoms with Crippen molar-refractivity contribution in [3.63, 3.8) is 0 Å². The lowest BCUT2D eigenvalue weighted by Crippen LogP contribution is -2.22. The summed E-state index contributed by atoms with van der Waals surface area (Å²) in [6.45, 7) is 1.84. The number of hydrogen-bond donors (Lipinski definition) is 1.